The lowest BCUT2D eigenvalue weighted by Gasteiger charge is -2.21. The van der Waals surface area contributed by atoms with Crippen molar-refractivity contribution in [3.63, 3.8) is 0 Å². The van der Waals surface area contributed by atoms with Gasteiger partial charge in [-0.3, -0.25) is 4.57 Å². The molecular formula is C44H26N4O. The Kier molecular flexibility index (Phi) is 4.76. The Morgan fingerprint density at radius 3 is 2.29 bits per heavy atom. The average Bonchev–Trinajstić information content (AvgIpc) is 3.77. The van der Waals surface area contributed by atoms with Crippen LogP contribution in [0.2, 0.25) is 0 Å². The minimum Gasteiger partial charge on any atom is -0.456 e. The maximum atomic E-state index is 6.39. The van der Waals surface area contributed by atoms with E-state index in [1.807, 2.05) is 24.3 Å². The summed E-state index contributed by atoms with van der Waals surface area (Å²) in [6.45, 7) is 0. The van der Waals surface area contributed by atoms with Crippen LogP contribution in [0.4, 0.5) is 0 Å². The summed E-state index contributed by atoms with van der Waals surface area (Å²) >= 11 is 0. The molecule has 10 aromatic rings. The zero-order chi connectivity index (χ0) is 31.8. The zero-order valence-electron chi connectivity index (χ0n) is 26.3. The fourth-order valence-corrected chi connectivity index (χ4v) is 8.68. The SMILES string of the molecule is C1=CCC2C(=C1)c1cccc3c4cc(-n5c6ccccc6c6cc7c(cc65)oc5ccccc57)ccc4n(c13)-c1nc3ccccc3nc12. The topological polar surface area (TPSA) is 48.8 Å². The van der Waals surface area contributed by atoms with Crippen molar-refractivity contribution in [2.45, 2.75) is 12.3 Å². The average molecular weight is 627 g/mol. The van der Waals surface area contributed by atoms with Gasteiger partial charge in [0.05, 0.1) is 38.8 Å². The number of hydrogen-bond acceptors (Lipinski definition) is 3. The smallest absolute Gasteiger partial charge is 0.160 e. The second kappa shape index (κ2) is 9.12. The Morgan fingerprint density at radius 1 is 0.571 bits per heavy atom. The molecule has 0 radical (unpaired) electrons. The minimum atomic E-state index is 0.143. The van der Waals surface area contributed by atoms with Gasteiger partial charge in [-0.15, -0.1) is 0 Å². The molecule has 1 atom stereocenters. The summed E-state index contributed by atoms with van der Waals surface area (Å²) in [5, 5.41) is 7.13. The van der Waals surface area contributed by atoms with Crippen molar-refractivity contribution in [2.24, 2.45) is 0 Å². The summed E-state index contributed by atoms with van der Waals surface area (Å²) in [6, 6.07) is 43.4. The highest BCUT2D eigenvalue weighted by Crippen LogP contribution is 2.48. The van der Waals surface area contributed by atoms with E-state index in [2.05, 4.69) is 124 Å². The lowest BCUT2D eigenvalue weighted by atomic mass is 9.84. The van der Waals surface area contributed by atoms with Gasteiger partial charge in [0.2, 0.25) is 0 Å². The lowest BCUT2D eigenvalue weighted by molar-refractivity contribution is 0.669. The maximum Gasteiger partial charge on any atom is 0.160 e. The van der Waals surface area contributed by atoms with Crippen molar-refractivity contribution < 1.29 is 4.42 Å². The molecule has 6 aromatic carbocycles. The van der Waals surface area contributed by atoms with Crippen LogP contribution in [0.3, 0.4) is 0 Å². The third-order valence-corrected chi connectivity index (χ3v) is 10.8. The molecule has 12 rings (SSSR count). The van der Waals surface area contributed by atoms with E-state index in [0.717, 1.165) is 67.6 Å². The van der Waals surface area contributed by atoms with Crippen LogP contribution in [0.15, 0.2) is 144 Å². The number of benzene rings is 6. The van der Waals surface area contributed by atoms with Crippen LogP contribution in [0.1, 0.15) is 23.6 Å². The Bertz CT molecular complexity index is 3150. The Balaban J connectivity index is 1.19. The maximum absolute atomic E-state index is 6.39. The monoisotopic (exact) mass is 626 g/mol. The highest BCUT2D eigenvalue weighted by molar-refractivity contribution is 6.18. The molecule has 49 heavy (non-hydrogen) atoms. The Morgan fingerprint density at radius 2 is 1.35 bits per heavy atom. The summed E-state index contributed by atoms with van der Waals surface area (Å²) in [6.07, 6.45) is 7.63. The van der Waals surface area contributed by atoms with Gasteiger partial charge in [-0.05, 0) is 60.5 Å². The van der Waals surface area contributed by atoms with Gasteiger partial charge >= 0.3 is 0 Å². The van der Waals surface area contributed by atoms with Gasteiger partial charge in [0.1, 0.15) is 11.2 Å². The van der Waals surface area contributed by atoms with Gasteiger partial charge in [-0.25, -0.2) is 9.97 Å². The fraction of sp³-hybridized carbons (Fsp3) is 0.0455. The van der Waals surface area contributed by atoms with E-state index in [4.69, 9.17) is 14.4 Å². The molecule has 0 bridgehead atoms. The largest absolute Gasteiger partial charge is 0.456 e. The molecule has 0 spiro atoms. The van der Waals surface area contributed by atoms with Gasteiger partial charge in [0.25, 0.3) is 0 Å². The van der Waals surface area contributed by atoms with Crippen LogP contribution in [-0.4, -0.2) is 19.1 Å². The number of aromatic nitrogens is 4. The molecule has 1 aliphatic heterocycles. The third-order valence-electron chi connectivity index (χ3n) is 10.8. The second-order valence-corrected chi connectivity index (χ2v) is 13.3. The van der Waals surface area contributed by atoms with E-state index in [-0.39, 0.29) is 5.92 Å². The molecule has 5 nitrogen and oxygen atoms in total. The van der Waals surface area contributed by atoms with Crippen LogP contribution in [0.25, 0.3) is 93.7 Å². The molecule has 4 aromatic heterocycles. The van der Waals surface area contributed by atoms with E-state index < -0.39 is 0 Å². The predicted octanol–water partition coefficient (Wildman–Crippen LogP) is 11.2. The molecule has 0 saturated carbocycles. The van der Waals surface area contributed by atoms with Gasteiger partial charge in [0, 0.05) is 55.6 Å². The molecule has 0 amide bonds. The van der Waals surface area contributed by atoms with Gasteiger partial charge in [-0.1, -0.05) is 85.0 Å². The molecule has 228 valence electrons. The summed E-state index contributed by atoms with van der Waals surface area (Å²) in [5.74, 6) is 1.07. The Labute approximate surface area is 279 Å². The first-order valence-corrected chi connectivity index (χ1v) is 16.9. The standard InChI is InChI=1S/C44H26N4O/c1-2-13-29-26(10-1)30-14-9-15-31-32-22-25(20-21-38(32)48(43(30)31)44-42(29)45-35-16-5-6-17-36(35)46-44)47-37-18-7-3-11-27(37)33-23-34-28-12-4-8-19-40(28)49-41(34)24-39(33)47/h1-12,14-24,29H,13H2. The normalized spacial score (nSPS) is 15.5. The fourth-order valence-electron chi connectivity index (χ4n) is 8.68. The number of para-hydroxylation sites is 5. The molecule has 5 heteroatoms. The third kappa shape index (κ3) is 3.29. The number of fused-ring (bicyclic) bond motifs is 15. The quantitative estimate of drug-likeness (QED) is 0.182. The molecule has 0 fully saturated rings. The minimum absolute atomic E-state index is 0.143. The van der Waals surface area contributed by atoms with Gasteiger partial charge in [0.15, 0.2) is 5.82 Å². The highest BCUT2D eigenvalue weighted by Gasteiger charge is 2.32. The second-order valence-electron chi connectivity index (χ2n) is 13.3. The lowest BCUT2D eigenvalue weighted by Crippen LogP contribution is -2.10. The molecular weight excluding hydrogens is 601 g/mol. The van der Waals surface area contributed by atoms with Crippen molar-refractivity contribution in [1.29, 1.82) is 0 Å². The van der Waals surface area contributed by atoms with E-state index in [1.165, 1.54) is 43.7 Å². The summed E-state index contributed by atoms with van der Waals surface area (Å²) in [4.78, 5) is 10.7. The van der Waals surface area contributed by atoms with Gasteiger partial charge < -0.3 is 8.98 Å². The first kappa shape index (κ1) is 25.6. The van der Waals surface area contributed by atoms with E-state index in [0.29, 0.717) is 0 Å². The van der Waals surface area contributed by atoms with E-state index in [9.17, 15) is 0 Å². The highest BCUT2D eigenvalue weighted by atomic mass is 16.3. The van der Waals surface area contributed by atoms with Crippen LogP contribution >= 0.6 is 0 Å². The zero-order valence-corrected chi connectivity index (χ0v) is 26.3. The molecule has 1 aliphatic carbocycles. The number of furan rings is 1. The molecule has 5 heterocycles. The number of nitrogens with zero attached hydrogens (tertiary/aromatic N) is 4. The van der Waals surface area contributed by atoms with Crippen molar-refractivity contribution in [2.75, 3.05) is 0 Å². The van der Waals surface area contributed by atoms with Crippen molar-refractivity contribution in [1.82, 2.24) is 19.1 Å². The van der Waals surface area contributed by atoms with Crippen molar-refractivity contribution >= 4 is 82.2 Å². The van der Waals surface area contributed by atoms with Crippen molar-refractivity contribution in [3.05, 3.63) is 151 Å². The number of hydrogen-bond donors (Lipinski definition) is 0. The predicted molar refractivity (Wildman–Crippen MR) is 200 cm³/mol. The summed E-state index contributed by atoms with van der Waals surface area (Å²) < 4.78 is 11.2. The van der Waals surface area contributed by atoms with Crippen LogP contribution in [-0.2, 0) is 0 Å². The molecule has 0 saturated heterocycles. The first-order valence-electron chi connectivity index (χ1n) is 16.9. The number of rotatable bonds is 1. The van der Waals surface area contributed by atoms with Gasteiger partial charge in [-0.2, -0.15) is 0 Å². The first-order chi connectivity index (χ1) is 24.3. The molecule has 0 N–H and O–H groups in total. The Hall–Kier alpha value is -6.46. The van der Waals surface area contributed by atoms with Crippen molar-refractivity contribution in [3.8, 4) is 11.5 Å². The van der Waals surface area contributed by atoms with Crippen LogP contribution in [0, 0.1) is 0 Å². The summed E-state index contributed by atoms with van der Waals surface area (Å²) in [5.41, 5.74) is 13.0. The van der Waals surface area contributed by atoms with E-state index >= 15 is 0 Å². The molecule has 1 unspecified atom stereocenters. The van der Waals surface area contributed by atoms with Crippen LogP contribution in [0.5, 0.6) is 0 Å². The summed E-state index contributed by atoms with van der Waals surface area (Å²) in [7, 11) is 0. The number of allylic oxidation sites excluding steroid dienone is 4. The van der Waals surface area contributed by atoms with E-state index in [1.54, 1.807) is 0 Å². The van der Waals surface area contributed by atoms with Crippen LogP contribution < -0.4 is 0 Å². The molecule has 2 aliphatic rings.